The van der Waals surface area contributed by atoms with Gasteiger partial charge in [0.15, 0.2) is 11.5 Å². The van der Waals surface area contributed by atoms with E-state index in [-0.39, 0.29) is 32.1 Å². The number of sulfonamides is 1. The Kier molecular flexibility index (Phi) is 6.95. The maximum atomic E-state index is 12.5. The van der Waals surface area contributed by atoms with Crippen LogP contribution in [0, 0.1) is 0 Å². The lowest BCUT2D eigenvalue weighted by atomic mass is 10.2. The van der Waals surface area contributed by atoms with Gasteiger partial charge in [0.1, 0.15) is 4.90 Å². The summed E-state index contributed by atoms with van der Waals surface area (Å²) in [5.41, 5.74) is 4.46. The predicted molar refractivity (Wildman–Crippen MR) is 114 cm³/mol. The summed E-state index contributed by atoms with van der Waals surface area (Å²) in [5.74, 6) is -0.689. The maximum Gasteiger partial charge on any atom is 0.271 e. The molecule has 31 heavy (non-hydrogen) atoms. The Bertz CT molecular complexity index is 1140. The first-order valence-electron chi connectivity index (χ1n) is 9.00. The van der Waals surface area contributed by atoms with Crippen molar-refractivity contribution in [2.45, 2.75) is 23.8 Å². The van der Waals surface area contributed by atoms with Crippen molar-refractivity contribution in [3.8, 4) is 11.5 Å². The summed E-state index contributed by atoms with van der Waals surface area (Å²) >= 11 is 12.1. The van der Waals surface area contributed by atoms with E-state index in [2.05, 4.69) is 15.6 Å². The highest BCUT2D eigenvalue weighted by atomic mass is 35.5. The predicted octanol–water partition coefficient (Wildman–Crippen LogP) is 2.53. The van der Waals surface area contributed by atoms with Crippen LogP contribution in [0.25, 0.3) is 0 Å². The van der Waals surface area contributed by atoms with Crippen LogP contribution in [-0.2, 0) is 10.0 Å². The number of halogens is 2. The molecular weight excluding hydrogens is 469 g/mol. The van der Waals surface area contributed by atoms with E-state index in [9.17, 15) is 18.0 Å². The second kappa shape index (κ2) is 9.31. The van der Waals surface area contributed by atoms with Crippen LogP contribution in [0.4, 0.5) is 0 Å². The van der Waals surface area contributed by atoms with Gasteiger partial charge < -0.3 is 9.47 Å². The fourth-order valence-corrected chi connectivity index (χ4v) is 4.79. The SMILES string of the molecule is COc1ccc(C(=O)NNC(=O)c2cc(S(=O)(=O)NC3CC3)c(Cl)cc2Cl)cc1OC. The van der Waals surface area contributed by atoms with E-state index in [1.807, 2.05) is 0 Å². The molecule has 0 bridgehead atoms. The molecule has 3 rings (SSSR count). The summed E-state index contributed by atoms with van der Waals surface area (Å²) in [7, 11) is -1.04. The van der Waals surface area contributed by atoms with Crippen molar-refractivity contribution in [3.63, 3.8) is 0 Å². The maximum absolute atomic E-state index is 12.5. The van der Waals surface area contributed by atoms with Crippen molar-refractivity contribution in [2.24, 2.45) is 0 Å². The summed E-state index contributed by atoms with van der Waals surface area (Å²) < 4.78 is 37.7. The molecule has 12 heteroatoms. The van der Waals surface area contributed by atoms with Crippen LogP contribution < -0.4 is 25.0 Å². The fourth-order valence-electron chi connectivity index (χ4n) is 2.62. The highest BCUT2D eigenvalue weighted by molar-refractivity contribution is 7.89. The average Bonchev–Trinajstić information content (AvgIpc) is 3.54. The van der Waals surface area contributed by atoms with Gasteiger partial charge in [0, 0.05) is 11.6 Å². The summed E-state index contributed by atoms with van der Waals surface area (Å²) in [6.45, 7) is 0. The Morgan fingerprint density at radius 2 is 1.58 bits per heavy atom. The normalized spacial score (nSPS) is 13.4. The molecule has 1 fully saturated rings. The third-order valence-electron chi connectivity index (χ3n) is 4.39. The molecule has 2 amide bonds. The molecule has 3 N–H and O–H groups in total. The molecule has 0 spiro atoms. The van der Waals surface area contributed by atoms with E-state index < -0.39 is 21.8 Å². The minimum absolute atomic E-state index is 0.0757. The van der Waals surface area contributed by atoms with Crippen LogP contribution in [0.3, 0.4) is 0 Å². The second-order valence-corrected chi connectivity index (χ2v) is 9.13. The molecule has 9 nitrogen and oxygen atoms in total. The van der Waals surface area contributed by atoms with Crippen LogP contribution in [-0.4, -0.2) is 40.5 Å². The lowest BCUT2D eigenvalue weighted by Crippen LogP contribution is -2.41. The van der Waals surface area contributed by atoms with E-state index in [0.29, 0.717) is 11.5 Å². The van der Waals surface area contributed by atoms with Gasteiger partial charge in [-0.2, -0.15) is 0 Å². The van der Waals surface area contributed by atoms with Crippen LogP contribution in [0.1, 0.15) is 33.6 Å². The van der Waals surface area contributed by atoms with Crippen molar-refractivity contribution in [3.05, 3.63) is 51.5 Å². The first kappa shape index (κ1) is 23.1. The zero-order chi connectivity index (χ0) is 22.8. The van der Waals surface area contributed by atoms with Gasteiger partial charge in [-0.3, -0.25) is 20.4 Å². The van der Waals surface area contributed by atoms with Gasteiger partial charge in [-0.05, 0) is 43.2 Å². The van der Waals surface area contributed by atoms with Gasteiger partial charge in [-0.15, -0.1) is 0 Å². The van der Waals surface area contributed by atoms with Gasteiger partial charge in [-0.1, -0.05) is 23.2 Å². The van der Waals surface area contributed by atoms with Crippen molar-refractivity contribution < 1.29 is 27.5 Å². The largest absolute Gasteiger partial charge is 0.493 e. The monoisotopic (exact) mass is 487 g/mol. The Balaban J connectivity index is 1.76. The zero-order valence-corrected chi connectivity index (χ0v) is 18.8. The number of rotatable bonds is 7. The zero-order valence-electron chi connectivity index (χ0n) is 16.5. The van der Waals surface area contributed by atoms with Crippen molar-refractivity contribution in [1.82, 2.24) is 15.6 Å². The molecule has 0 radical (unpaired) electrons. The second-order valence-electron chi connectivity index (χ2n) is 6.64. The minimum Gasteiger partial charge on any atom is -0.493 e. The smallest absolute Gasteiger partial charge is 0.271 e. The Hall–Kier alpha value is -2.53. The van der Waals surface area contributed by atoms with Gasteiger partial charge >= 0.3 is 0 Å². The summed E-state index contributed by atoms with van der Waals surface area (Å²) in [6, 6.07) is 6.53. The fraction of sp³-hybridized carbons (Fsp3) is 0.263. The number of carbonyl (C=O) groups excluding carboxylic acids is 2. The molecule has 0 heterocycles. The van der Waals surface area contributed by atoms with E-state index in [1.165, 1.54) is 32.4 Å². The topological polar surface area (TPSA) is 123 Å². The number of methoxy groups -OCH3 is 2. The van der Waals surface area contributed by atoms with E-state index in [1.54, 1.807) is 0 Å². The number of hydrogen-bond donors (Lipinski definition) is 3. The van der Waals surface area contributed by atoms with E-state index >= 15 is 0 Å². The highest BCUT2D eigenvalue weighted by Crippen LogP contribution is 2.31. The lowest BCUT2D eigenvalue weighted by Gasteiger charge is -2.13. The molecule has 2 aromatic carbocycles. The standard InChI is InChI=1S/C19H19Cl2N3O6S/c1-29-15-6-3-10(7-16(15)30-2)18(25)22-23-19(26)12-8-17(14(21)9-13(12)20)31(27,28)24-11-4-5-11/h3,6-9,11,24H,4-5H2,1-2H3,(H,22,25)(H,23,26). The van der Waals surface area contributed by atoms with Crippen molar-refractivity contribution in [1.29, 1.82) is 0 Å². The van der Waals surface area contributed by atoms with Gasteiger partial charge in [0.05, 0.1) is 29.8 Å². The first-order chi connectivity index (χ1) is 14.7. The summed E-state index contributed by atoms with van der Waals surface area (Å²) in [6.07, 6.45) is 1.47. The summed E-state index contributed by atoms with van der Waals surface area (Å²) in [4.78, 5) is 24.6. The summed E-state index contributed by atoms with van der Waals surface area (Å²) in [5, 5.41) is -0.197. The van der Waals surface area contributed by atoms with Gasteiger partial charge in [0.25, 0.3) is 11.8 Å². The molecule has 1 aliphatic rings. The number of amides is 2. The van der Waals surface area contributed by atoms with E-state index in [4.69, 9.17) is 32.7 Å². The average molecular weight is 488 g/mol. The minimum atomic E-state index is -3.92. The number of ether oxygens (including phenoxy) is 2. The molecule has 0 unspecified atom stereocenters. The van der Waals surface area contributed by atoms with Crippen LogP contribution in [0.15, 0.2) is 35.2 Å². The highest BCUT2D eigenvalue weighted by Gasteiger charge is 2.30. The number of carbonyl (C=O) groups is 2. The quantitative estimate of drug-likeness (QED) is 0.515. The van der Waals surface area contributed by atoms with Crippen LogP contribution in [0.2, 0.25) is 10.0 Å². The van der Waals surface area contributed by atoms with E-state index in [0.717, 1.165) is 25.0 Å². The van der Waals surface area contributed by atoms with Gasteiger partial charge in [-0.25, -0.2) is 13.1 Å². The van der Waals surface area contributed by atoms with Crippen LogP contribution >= 0.6 is 23.2 Å². The Labute approximate surface area is 189 Å². The van der Waals surface area contributed by atoms with Crippen molar-refractivity contribution >= 4 is 45.0 Å². The molecule has 166 valence electrons. The number of hydrazine groups is 1. The molecule has 2 aromatic rings. The molecule has 0 atom stereocenters. The third-order valence-corrected chi connectivity index (χ3v) is 6.69. The Morgan fingerprint density at radius 3 is 2.19 bits per heavy atom. The molecule has 1 saturated carbocycles. The number of hydrogen-bond acceptors (Lipinski definition) is 6. The molecule has 1 aliphatic carbocycles. The number of nitrogens with one attached hydrogen (secondary N) is 3. The molecule has 0 aromatic heterocycles. The van der Waals surface area contributed by atoms with Crippen LogP contribution in [0.5, 0.6) is 11.5 Å². The first-order valence-corrected chi connectivity index (χ1v) is 11.2. The molecule has 0 aliphatic heterocycles. The number of benzene rings is 2. The molecular formula is C19H19Cl2N3O6S. The third kappa shape index (κ3) is 5.40. The lowest BCUT2D eigenvalue weighted by molar-refractivity contribution is 0.0846. The molecule has 0 saturated heterocycles. The Morgan fingerprint density at radius 1 is 0.935 bits per heavy atom. The van der Waals surface area contributed by atoms with Gasteiger partial charge in [0.2, 0.25) is 10.0 Å². The van der Waals surface area contributed by atoms with Crippen molar-refractivity contribution in [2.75, 3.05) is 14.2 Å².